The fourth-order valence-corrected chi connectivity index (χ4v) is 3.86. The van der Waals surface area contributed by atoms with Gasteiger partial charge < -0.3 is 14.6 Å². The second-order valence-electron chi connectivity index (χ2n) is 6.39. The molecule has 1 amide bonds. The predicted octanol–water partition coefficient (Wildman–Crippen LogP) is 2.60. The first-order chi connectivity index (χ1) is 12.6. The van der Waals surface area contributed by atoms with Gasteiger partial charge in [0.25, 0.3) is 0 Å². The lowest BCUT2D eigenvalue weighted by atomic mass is 9.95. The molecule has 140 valence electrons. The maximum Gasteiger partial charge on any atom is 0.230 e. The standard InChI is InChI=1S/C18H23ClN4O2S/c1-23-15(21-22-17(23)26-12-11-25-2)7-10-20-16(24)18(8-9-18)13-3-5-14(19)6-4-13/h3-6H,7-12H2,1-2H3,(H,20,24). The molecular formula is C18H23ClN4O2S. The molecule has 1 aromatic carbocycles. The second kappa shape index (κ2) is 8.41. The van der Waals surface area contributed by atoms with Crippen molar-refractivity contribution in [3.8, 4) is 0 Å². The number of amides is 1. The molecule has 3 rings (SSSR count). The van der Waals surface area contributed by atoms with Gasteiger partial charge in [0.1, 0.15) is 5.82 Å². The number of methoxy groups -OCH3 is 1. The van der Waals surface area contributed by atoms with Crippen LogP contribution < -0.4 is 5.32 Å². The topological polar surface area (TPSA) is 69.0 Å². The third kappa shape index (κ3) is 4.22. The van der Waals surface area contributed by atoms with Crippen LogP contribution in [0.25, 0.3) is 0 Å². The normalized spacial score (nSPS) is 15.0. The summed E-state index contributed by atoms with van der Waals surface area (Å²) in [6, 6.07) is 7.57. The monoisotopic (exact) mass is 394 g/mol. The average Bonchev–Trinajstić information content (AvgIpc) is 3.38. The number of rotatable bonds is 9. The van der Waals surface area contributed by atoms with E-state index >= 15 is 0 Å². The van der Waals surface area contributed by atoms with Crippen LogP contribution in [0.15, 0.2) is 29.4 Å². The Kier molecular flexibility index (Phi) is 6.21. The highest BCUT2D eigenvalue weighted by Crippen LogP contribution is 2.48. The maximum absolute atomic E-state index is 12.7. The molecule has 1 aliphatic rings. The lowest BCUT2D eigenvalue weighted by Gasteiger charge is -2.15. The lowest BCUT2D eigenvalue weighted by molar-refractivity contribution is -0.123. The number of nitrogens with one attached hydrogen (secondary N) is 1. The minimum atomic E-state index is -0.383. The molecule has 8 heteroatoms. The fourth-order valence-electron chi connectivity index (χ4n) is 2.90. The van der Waals surface area contributed by atoms with Crippen LogP contribution in [0, 0.1) is 0 Å². The Balaban J connectivity index is 1.52. The first-order valence-electron chi connectivity index (χ1n) is 8.61. The summed E-state index contributed by atoms with van der Waals surface area (Å²) in [6.07, 6.45) is 2.41. The first kappa shape index (κ1) is 19.2. The molecule has 1 heterocycles. The van der Waals surface area contributed by atoms with Crippen molar-refractivity contribution in [1.29, 1.82) is 0 Å². The Labute approximate surface area is 162 Å². The number of nitrogens with zero attached hydrogens (tertiary/aromatic N) is 3. The highest BCUT2D eigenvalue weighted by molar-refractivity contribution is 7.99. The van der Waals surface area contributed by atoms with Crippen molar-refractivity contribution in [3.05, 3.63) is 40.7 Å². The molecule has 1 N–H and O–H groups in total. The first-order valence-corrected chi connectivity index (χ1v) is 9.97. The Morgan fingerprint density at radius 2 is 2.08 bits per heavy atom. The van der Waals surface area contributed by atoms with Gasteiger partial charge in [-0.25, -0.2) is 0 Å². The summed E-state index contributed by atoms with van der Waals surface area (Å²) >= 11 is 7.56. The number of halogens is 1. The number of ether oxygens (including phenoxy) is 1. The largest absolute Gasteiger partial charge is 0.384 e. The van der Waals surface area contributed by atoms with Gasteiger partial charge in [0, 0.05) is 37.9 Å². The fraction of sp³-hybridized carbons (Fsp3) is 0.500. The maximum atomic E-state index is 12.7. The smallest absolute Gasteiger partial charge is 0.230 e. The van der Waals surface area contributed by atoms with Crippen LogP contribution in [0.1, 0.15) is 24.2 Å². The van der Waals surface area contributed by atoms with E-state index in [1.807, 2.05) is 35.9 Å². The average molecular weight is 395 g/mol. The molecule has 0 radical (unpaired) electrons. The third-order valence-corrected chi connectivity index (χ3v) is 5.90. The van der Waals surface area contributed by atoms with Crippen molar-refractivity contribution < 1.29 is 9.53 Å². The number of carbonyl (C=O) groups is 1. The van der Waals surface area contributed by atoms with Gasteiger partial charge in [-0.2, -0.15) is 0 Å². The number of aromatic nitrogens is 3. The van der Waals surface area contributed by atoms with E-state index in [2.05, 4.69) is 15.5 Å². The van der Waals surface area contributed by atoms with Gasteiger partial charge in [-0.15, -0.1) is 10.2 Å². The van der Waals surface area contributed by atoms with E-state index in [1.54, 1.807) is 18.9 Å². The van der Waals surface area contributed by atoms with E-state index in [-0.39, 0.29) is 11.3 Å². The Hall–Kier alpha value is -1.57. The van der Waals surface area contributed by atoms with Crippen molar-refractivity contribution >= 4 is 29.3 Å². The number of hydrogen-bond donors (Lipinski definition) is 1. The quantitative estimate of drug-likeness (QED) is 0.523. The third-order valence-electron chi connectivity index (χ3n) is 4.66. The molecule has 0 spiro atoms. The Morgan fingerprint density at radius 3 is 2.73 bits per heavy atom. The van der Waals surface area contributed by atoms with Crippen molar-refractivity contribution in [1.82, 2.24) is 20.1 Å². The van der Waals surface area contributed by atoms with Crippen LogP contribution in [0.5, 0.6) is 0 Å². The van der Waals surface area contributed by atoms with Crippen molar-refractivity contribution in [3.63, 3.8) is 0 Å². The minimum absolute atomic E-state index is 0.0803. The second-order valence-corrected chi connectivity index (χ2v) is 7.89. The summed E-state index contributed by atoms with van der Waals surface area (Å²) in [6.45, 7) is 1.22. The van der Waals surface area contributed by atoms with Gasteiger partial charge in [-0.3, -0.25) is 4.79 Å². The molecule has 2 aromatic rings. The van der Waals surface area contributed by atoms with E-state index in [0.717, 1.165) is 35.1 Å². The van der Waals surface area contributed by atoms with Crippen molar-refractivity contribution in [2.45, 2.75) is 29.8 Å². The zero-order chi connectivity index (χ0) is 18.6. The van der Waals surface area contributed by atoms with E-state index in [1.165, 1.54) is 0 Å². The number of thioether (sulfide) groups is 1. The summed E-state index contributed by atoms with van der Waals surface area (Å²) in [5, 5.41) is 13.0. The number of hydrogen-bond acceptors (Lipinski definition) is 5. The summed E-state index contributed by atoms with van der Waals surface area (Å²) in [5.41, 5.74) is 0.654. The Morgan fingerprint density at radius 1 is 1.35 bits per heavy atom. The van der Waals surface area contributed by atoms with E-state index in [4.69, 9.17) is 16.3 Å². The van der Waals surface area contributed by atoms with E-state index in [0.29, 0.717) is 24.6 Å². The van der Waals surface area contributed by atoms with Gasteiger partial charge in [0.2, 0.25) is 5.91 Å². The zero-order valence-corrected chi connectivity index (χ0v) is 16.6. The van der Waals surface area contributed by atoms with Gasteiger partial charge in [-0.05, 0) is 30.5 Å². The molecular weight excluding hydrogens is 372 g/mol. The molecule has 1 aliphatic carbocycles. The molecule has 1 aromatic heterocycles. The number of carbonyl (C=O) groups excluding carboxylic acids is 1. The van der Waals surface area contributed by atoms with Gasteiger partial charge in [0.05, 0.1) is 12.0 Å². The molecule has 0 saturated heterocycles. The van der Waals surface area contributed by atoms with Crippen molar-refractivity contribution in [2.24, 2.45) is 7.05 Å². The van der Waals surface area contributed by atoms with Gasteiger partial charge in [-0.1, -0.05) is 35.5 Å². The van der Waals surface area contributed by atoms with Crippen molar-refractivity contribution in [2.75, 3.05) is 26.0 Å². The summed E-state index contributed by atoms with van der Waals surface area (Å²) < 4.78 is 7.02. The summed E-state index contributed by atoms with van der Waals surface area (Å²) in [4.78, 5) is 12.7. The highest BCUT2D eigenvalue weighted by atomic mass is 35.5. The molecule has 26 heavy (non-hydrogen) atoms. The van der Waals surface area contributed by atoms with Crippen LogP contribution >= 0.6 is 23.4 Å². The lowest BCUT2D eigenvalue weighted by Crippen LogP contribution is -2.36. The molecule has 0 aliphatic heterocycles. The van der Waals surface area contributed by atoms with Gasteiger partial charge in [0.15, 0.2) is 5.16 Å². The molecule has 1 saturated carbocycles. The van der Waals surface area contributed by atoms with Crippen LogP contribution in [0.2, 0.25) is 5.02 Å². The minimum Gasteiger partial charge on any atom is -0.384 e. The number of benzene rings is 1. The molecule has 6 nitrogen and oxygen atoms in total. The highest BCUT2D eigenvalue weighted by Gasteiger charge is 2.50. The molecule has 0 bridgehead atoms. The van der Waals surface area contributed by atoms with Crippen LogP contribution in [-0.4, -0.2) is 46.7 Å². The van der Waals surface area contributed by atoms with E-state index in [9.17, 15) is 4.79 Å². The summed E-state index contributed by atoms with van der Waals surface area (Å²) in [7, 11) is 3.63. The van der Waals surface area contributed by atoms with Crippen LogP contribution in [0.3, 0.4) is 0 Å². The predicted molar refractivity (Wildman–Crippen MR) is 103 cm³/mol. The molecule has 1 fully saturated rings. The summed E-state index contributed by atoms with van der Waals surface area (Å²) in [5.74, 6) is 1.78. The molecule has 0 atom stereocenters. The van der Waals surface area contributed by atoms with E-state index < -0.39 is 0 Å². The zero-order valence-electron chi connectivity index (χ0n) is 15.0. The SMILES string of the molecule is COCCSc1nnc(CCNC(=O)C2(c3ccc(Cl)cc3)CC2)n1C. The van der Waals surface area contributed by atoms with Crippen LogP contribution in [0.4, 0.5) is 0 Å². The Bertz CT molecular complexity index is 759. The van der Waals surface area contributed by atoms with Crippen LogP contribution in [-0.2, 0) is 28.4 Å². The van der Waals surface area contributed by atoms with Gasteiger partial charge >= 0.3 is 0 Å². The molecule has 0 unspecified atom stereocenters.